The molecule has 0 radical (unpaired) electrons. The monoisotopic (exact) mass is 240 g/mol. The molecular formula is C12H20N2O3. The second-order valence-electron chi connectivity index (χ2n) is 3.67. The zero-order valence-electron chi connectivity index (χ0n) is 10.4. The lowest BCUT2D eigenvalue weighted by Gasteiger charge is -2.08. The van der Waals surface area contributed by atoms with Crippen LogP contribution in [0.15, 0.2) is 18.3 Å². The van der Waals surface area contributed by atoms with Crippen molar-refractivity contribution < 1.29 is 14.2 Å². The number of hydrogen-bond acceptors (Lipinski definition) is 5. The summed E-state index contributed by atoms with van der Waals surface area (Å²) in [4.78, 5) is 4.15. The quantitative estimate of drug-likeness (QED) is 0.690. The molecule has 17 heavy (non-hydrogen) atoms. The Balaban J connectivity index is 2.19. The summed E-state index contributed by atoms with van der Waals surface area (Å²) in [7, 11) is 1.64. The molecule has 0 saturated heterocycles. The number of aromatic nitrogens is 1. The van der Waals surface area contributed by atoms with Crippen LogP contribution in [0.5, 0.6) is 5.88 Å². The summed E-state index contributed by atoms with van der Waals surface area (Å²) >= 11 is 0. The summed E-state index contributed by atoms with van der Waals surface area (Å²) < 4.78 is 15.5. The highest BCUT2D eigenvalue weighted by Gasteiger charge is 2.00. The lowest BCUT2D eigenvalue weighted by molar-refractivity contribution is 0.0537. The molecule has 0 amide bonds. The van der Waals surface area contributed by atoms with Gasteiger partial charge in [-0.2, -0.15) is 0 Å². The van der Waals surface area contributed by atoms with Gasteiger partial charge < -0.3 is 19.9 Å². The van der Waals surface area contributed by atoms with E-state index in [4.69, 9.17) is 19.9 Å². The number of nitrogens with zero attached hydrogens (tertiary/aromatic N) is 1. The van der Waals surface area contributed by atoms with E-state index in [0.29, 0.717) is 32.3 Å². The predicted molar refractivity (Wildman–Crippen MR) is 65.0 cm³/mol. The molecule has 5 nitrogen and oxygen atoms in total. The lowest BCUT2D eigenvalue weighted by atomic mass is 10.2. The second-order valence-corrected chi connectivity index (χ2v) is 3.67. The minimum Gasteiger partial charge on any atom is -0.475 e. The van der Waals surface area contributed by atoms with Crippen LogP contribution in [0, 0.1) is 0 Å². The van der Waals surface area contributed by atoms with Crippen molar-refractivity contribution in [3.05, 3.63) is 23.9 Å². The molecule has 0 aliphatic heterocycles. The highest BCUT2D eigenvalue weighted by atomic mass is 16.5. The Bertz CT molecular complexity index is 301. The van der Waals surface area contributed by atoms with Gasteiger partial charge in [0.25, 0.3) is 0 Å². The Labute approximate surface area is 102 Å². The van der Waals surface area contributed by atoms with Crippen LogP contribution in [0.1, 0.15) is 18.5 Å². The molecule has 0 aliphatic carbocycles. The van der Waals surface area contributed by atoms with Gasteiger partial charge in [-0.05, 0) is 12.5 Å². The van der Waals surface area contributed by atoms with Crippen LogP contribution in [-0.4, -0.2) is 38.5 Å². The molecule has 0 unspecified atom stereocenters. The van der Waals surface area contributed by atoms with Gasteiger partial charge in [0.2, 0.25) is 5.88 Å². The maximum Gasteiger partial charge on any atom is 0.213 e. The van der Waals surface area contributed by atoms with E-state index in [1.807, 2.05) is 19.1 Å². The van der Waals surface area contributed by atoms with Gasteiger partial charge in [0.15, 0.2) is 0 Å². The van der Waals surface area contributed by atoms with Crippen LogP contribution in [0.2, 0.25) is 0 Å². The van der Waals surface area contributed by atoms with Crippen molar-refractivity contribution in [2.75, 3.05) is 33.5 Å². The minimum atomic E-state index is -0.00562. The molecule has 0 aromatic carbocycles. The van der Waals surface area contributed by atoms with Gasteiger partial charge in [0, 0.05) is 25.4 Å². The zero-order valence-corrected chi connectivity index (χ0v) is 10.4. The van der Waals surface area contributed by atoms with E-state index < -0.39 is 0 Å². The normalized spacial score (nSPS) is 12.4. The van der Waals surface area contributed by atoms with Crippen LogP contribution in [0.4, 0.5) is 0 Å². The standard InChI is InChI=1S/C12H20N2O3/c1-10(13)11-3-4-12(14-9-11)17-8-7-16-6-5-15-2/h3-4,9-10H,5-8,13H2,1-2H3/t10-/m1/s1. The van der Waals surface area contributed by atoms with Crippen LogP contribution in [-0.2, 0) is 9.47 Å². The topological polar surface area (TPSA) is 66.6 Å². The molecule has 1 aromatic heterocycles. The lowest BCUT2D eigenvalue weighted by Crippen LogP contribution is -2.11. The molecule has 0 fully saturated rings. The van der Waals surface area contributed by atoms with E-state index in [1.165, 1.54) is 0 Å². The van der Waals surface area contributed by atoms with Gasteiger partial charge in [0.1, 0.15) is 6.61 Å². The number of ether oxygens (including phenoxy) is 3. The smallest absolute Gasteiger partial charge is 0.213 e. The molecule has 1 rings (SSSR count). The van der Waals surface area contributed by atoms with Crippen molar-refractivity contribution in [2.45, 2.75) is 13.0 Å². The maximum atomic E-state index is 5.72. The van der Waals surface area contributed by atoms with E-state index >= 15 is 0 Å². The highest BCUT2D eigenvalue weighted by molar-refractivity contribution is 5.19. The summed E-state index contributed by atoms with van der Waals surface area (Å²) in [6, 6.07) is 3.72. The molecule has 5 heteroatoms. The molecule has 0 bridgehead atoms. The Morgan fingerprint density at radius 2 is 2.00 bits per heavy atom. The summed E-state index contributed by atoms with van der Waals surface area (Å²) in [5.74, 6) is 0.588. The van der Waals surface area contributed by atoms with Gasteiger partial charge in [-0.3, -0.25) is 0 Å². The van der Waals surface area contributed by atoms with Crippen molar-refractivity contribution in [1.29, 1.82) is 0 Å². The Morgan fingerprint density at radius 3 is 2.59 bits per heavy atom. The Morgan fingerprint density at radius 1 is 1.24 bits per heavy atom. The predicted octanol–water partition coefficient (Wildman–Crippen LogP) is 1.14. The van der Waals surface area contributed by atoms with Crippen LogP contribution < -0.4 is 10.5 Å². The molecule has 96 valence electrons. The average Bonchev–Trinajstić information content (AvgIpc) is 2.34. The van der Waals surface area contributed by atoms with Crippen molar-refractivity contribution in [1.82, 2.24) is 4.98 Å². The Kier molecular flexibility index (Phi) is 6.54. The van der Waals surface area contributed by atoms with Crippen molar-refractivity contribution in [3.63, 3.8) is 0 Å². The fraction of sp³-hybridized carbons (Fsp3) is 0.583. The third-order valence-corrected chi connectivity index (χ3v) is 2.19. The Hall–Kier alpha value is -1.17. The summed E-state index contributed by atoms with van der Waals surface area (Å²) in [6.07, 6.45) is 1.73. The van der Waals surface area contributed by atoms with Gasteiger partial charge in [-0.1, -0.05) is 6.07 Å². The first kappa shape index (κ1) is 13.9. The molecule has 1 heterocycles. The number of nitrogens with two attached hydrogens (primary N) is 1. The summed E-state index contributed by atoms with van der Waals surface area (Å²) in [5.41, 5.74) is 6.71. The number of methoxy groups -OCH3 is 1. The van der Waals surface area contributed by atoms with Crippen LogP contribution in [0.25, 0.3) is 0 Å². The molecular weight excluding hydrogens is 220 g/mol. The maximum absolute atomic E-state index is 5.72. The van der Waals surface area contributed by atoms with Gasteiger partial charge in [-0.25, -0.2) is 4.98 Å². The van der Waals surface area contributed by atoms with Crippen molar-refractivity contribution in [2.24, 2.45) is 5.73 Å². The average molecular weight is 240 g/mol. The summed E-state index contributed by atoms with van der Waals surface area (Å²) in [6.45, 7) is 4.10. The molecule has 0 aliphatic rings. The van der Waals surface area contributed by atoms with E-state index in [-0.39, 0.29) is 6.04 Å². The van der Waals surface area contributed by atoms with E-state index in [0.717, 1.165) is 5.56 Å². The minimum absolute atomic E-state index is 0.00562. The second kappa shape index (κ2) is 8.00. The SMILES string of the molecule is COCCOCCOc1ccc([C@@H](C)N)cn1. The van der Waals surface area contributed by atoms with Gasteiger partial charge in [-0.15, -0.1) is 0 Å². The van der Waals surface area contributed by atoms with Crippen molar-refractivity contribution in [3.8, 4) is 5.88 Å². The third-order valence-electron chi connectivity index (χ3n) is 2.19. The first-order chi connectivity index (χ1) is 8.24. The highest BCUT2D eigenvalue weighted by Crippen LogP contribution is 2.12. The zero-order chi connectivity index (χ0) is 12.5. The molecule has 2 N–H and O–H groups in total. The largest absolute Gasteiger partial charge is 0.475 e. The van der Waals surface area contributed by atoms with Gasteiger partial charge in [0.05, 0.1) is 19.8 Å². The van der Waals surface area contributed by atoms with E-state index in [2.05, 4.69) is 4.98 Å². The molecule has 1 atom stereocenters. The first-order valence-corrected chi connectivity index (χ1v) is 5.65. The van der Waals surface area contributed by atoms with Crippen molar-refractivity contribution >= 4 is 0 Å². The molecule has 1 aromatic rings. The first-order valence-electron chi connectivity index (χ1n) is 5.65. The number of pyridine rings is 1. The van der Waals surface area contributed by atoms with E-state index in [1.54, 1.807) is 13.3 Å². The third kappa shape index (κ3) is 5.63. The summed E-state index contributed by atoms with van der Waals surface area (Å²) in [5, 5.41) is 0. The van der Waals surface area contributed by atoms with Gasteiger partial charge >= 0.3 is 0 Å². The van der Waals surface area contributed by atoms with Crippen LogP contribution >= 0.6 is 0 Å². The van der Waals surface area contributed by atoms with Crippen LogP contribution in [0.3, 0.4) is 0 Å². The molecule has 0 saturated carbocycles. The molecule has 0 spiro atoms. The fourth-order valence-electron chi connectivity index (χ4n) is 1.20. The number of rotatable bonds is 8. The van der Waals surface area contributed by atoms with E-state index in [9.17, 15) is 0 Å². The fourth-order valence-corrected chi connectivity index (χ4v) is 1.20. The number of hydrogen-bond donors (Lipinski definition) is 1.